The standard InChI is InChI=1S/C23H24BrNO3/c1-15(16-5-6-18-13-21(27-3)9-7-17(18)11-16)23(26)25(2)14-19-12-20(24)8-10-22(19)28-4/h5-13,15H,14H2,1-4H3/t15-/m1/s1. The predicted molar refractivity (Wildman–Crippen MR) is 116 cm³/mol. The maximum absolute atomic E-state index is 13.0. The second-order valence-electron chi connectivity index (χ2n) is 6.84. The molecular weight excluding hydrogens is 418 g/mol. The summed E-state index contributed by atoms with van der Waals surface area (Å²) in [7, 11) is 5.12. The number of likely N-dealkylation sites (N-methyl/N-ethyl adjacent to an activating group) is 1. The predicted octanol–water partition coefficient (Wildman–Crippen LogP) is 5.38. The third-order valence-electron chi connectivity index (χ3n) is 4.97. The van der Waals surface area contributed by atoms with E-state index in [0.29, 0.717) is 6.54 Å². The van der Waals surface area contributed by atoms with E-state index in [4.69, 9.17) is 9.47 Å². The number of ether oxygens (including phenoxy) is 2. The van der Waals surface area contributed by atoms with Crippen molar-refractivity contribution in [1.82, 2.24) is 4.90 Å². The summed E-state index contributed by atoms with van der Waals surface area (Å²) in [5.74, 6) is 1.42. The fourth-order valence-electron chi connectivity index (χ4n) is 3.32. The van der Waals surface area contributed by atoms with Crippen LogP contribution in [0.2, 0.25) is 0 Å². The van der Waals surface area contributed by atoms with Gasteiger partial charge >= 0.3 is 0 Å². The molecule has 1 amide bonds. The van der Waals surface area contributed by atoms with E-state index in [9.17, 15) is 4.79 Å². The molecule has 3 aromatic carbocycles. The maximum Gasteiger partial charge on any atom is 0.229 e. The zero-order valence-electron chi connectivity index (χ0n) is 16.5. The largest absolute Gasteiger partial charge is 0.497 e. The summed E-state index contributed by atoms with van der Waals surface area (Å²) in [6.07, 6.45) is 0. The lowest BCUT2D eigenvalue weighted by Gasteiger charge is -2.23. The lowest BCUT2D eigenvalue weighted by molar-refractivity contribution is -0.131. The first-order valence-corrected chi connectivity index (χ1v) is 9.87. The Labute approximate surface area is 174 Å². The average Bonchev–Trinajstić information content (AvgIpc) is 2.72. The number of rotatable bonds is 6. The van der Waals surface area contributed by atoms with Gasteiger partial charge in [-0.05, 0) is 53.6 Å². The van der Waals surface area contributed by atoms with Gasteiger partial charge in [0.05, 0.1) is 20.1 Å². The van der Waals surface area contributed by atoms with E-state index in [0.717, 1.165) is 37.9 Å². The minimum Gasteiger partial charge on any atom is -0.497 e. The van der Waals surface area contributed by atoms with E-state index in [1.165, 1.54) is 0 Å². The molecule has 0 fully saturated rings. The first-order valence-electron chi connectivity index (χ1n) is 9.08. The summed E-state index contributed by atoms with van der Waals surface area (Å²) in [4.78, 5) is 14.8. The van der Waals surface area contributed by atoms with Crippen molar-refractivity contribution in [3.8, 4) is 11.5 Å². The Morgan fingerprint density at radius 2 is 1.71 bits per heavy atom. The Bertz CT molecular complexity index is 1000. The van der Waals surface area contributed by atoms with Gasteiger partial charge in [-0.2, -0.15) is 0 Å². The highest BCUT2D eigenvalue weighted by Gasteiger charge is 2.21. The molecule has 0 aromatic heterocycles. The summed E-state index contributed by atoms with van der Waals surface area (Å²) >= 11 is 3.48. The highest BCUT2D eigenvalue weighted by molar-refractivity contribution is 9.10. The van der Waals surface area contributed by atoms with Gasteiger partial charge in [-0.3, -0.25) is 4.79 Å². The Morgan fingerprint density at radius 3 is 2.43 bits per heavy atom. The highest BCUT2D eigenvalue weighted by atomic mass is 79.9. The summed E-state index contributed by atoms with van der Waals surface area (Å²) in [6, 6.07) is 17.9. The SMILES string of the molecule is COc1ccc2cc([C@@H](C)C(=O)N(C)Cc3cc(Br)ccc3OC)ccc2c1. The van der Waals surface area contributed by atoms with Crippen LogP contribution in [0.3, 0.4) is 0 Å². The molecule has 1 atom stereocenters. The Kier molecular flexibility index (Phi) is 6.25. The summed E-state index contributed by atoms with van der Waals surface area (Å²) in [6.45, 7) is 2.43. The normalized spacial score (nSPS) is 11.9. The van der Waals surface area contributed by atoms with Crippen molar-refractivity contribution in [2.45, 2.75) is 19.4 Å². The number of halogens is 1. The van der Waals surface area contributed by atoms with Gasteiger partial charge in [-0.1, -0.05) is 40.2 Å². The zero-order valence-corrected chi connectivity index (χ0v) is 18.1. The summed E-state index contributed by atoms with van der Waals surface area (Å²) in [5.41, 5.74) is 1.96. The Hall–Kier alpha value is -2.53. The van der Waals surface area contributed by atoms with Crippen LogP contribution in [-0.2, 0) is 11.3 Å². The van der Waals surface area contributed by atoms with E-state index < -0.39 is 0 Å². The molecule has 0 aliphatic heterocycles. The topological polar surface area (TPSA) is 38.8 Å². The van der Waals surface area contributed by atoms with Crippen molar-refractivity contribution < 1.29 is 14.3 Å². The van der Waals surface area contributed by atoms with Gasteiger partial charge in [0.2, 0.25) is 5.91 Å². The van der Waals surface area contributed by atoms with Crippen LogP contribution in [0.25, 0.3) is 10.8 Å². The number of methoxy groups -OCH3 is 2. The van der Waals surface area contributed by atoms with Gasteiger partial charge in [-0.15, -0.1) is 0 Å². The third-order valence-corrected chi connectivity index (χ3v) is 5.46. The molecule has 3 aromatic rings. The van der Waals surface area contributed by atoms with Gasteiger partial charge in [0.15, 0.2) is 0 Å². The number of fused-ring (bicyclic) bond motifs is 1. The number of carbonyl (C=O) groups excluding carboxylic acids is 1. The van der Waals surface area contributed by atoms with Crippen LogP contribution in [0.5, 0.6) is 11.5 Å². The van der Waals surface area contributed by atoms with E-state index in [2.05, 4.69) is 22.0 Å². The van der Waals surface area contributed by atoms with Crippen molar-refractivity contribution >= 4 is 32.6 Å². The molecule has 0 aliphatic rings. The number of carbonyl (C=O) groups is 1. The van der Waals surface area contributed by atoms with E-state index in [-0.39, 0.29) is 11.8 Å². The minimum atomic E-state index is -0.241. The fourth-order valence-corrected chi connectivity index (χ4v) is 3.72. The molecule has 0 aliphatic carbocycles. The van der Waals surface area contributed by atoms with Crippen molar-refractivity contribution in [2.75, 3.05) is 21.3 Å². The first kappa shape index (κ1) is 20.2. The number of hydrogen-bond donors (Lipinski definition) is 0. The number of benzene rings is 3. The summed E-state index contributed by atoms with van der Waals surface area (Å²) in [5, 5.41) is 2.18. The molecule has 0 spiro atoms. The molecule has 4 nitrogen and oxygen atoms in total. The van der Waals surface area contributed by atoms with E-state index >= 15 is 0 Å². The van der Waals surface area contributed by atoms with Gasteiger partial charge in [0.1, 0.15) is 11.5 Å². The lowest BCUT2D eigenvalue weighted by Crippen LogP contribution is -2.30. The van der Waals surface area contributed by atoms with Crippen molar-refractivity contribution in [1.29, 1.82) is 0 Å². The van der Waals surface area contributed by atoms with Crippen molar-refractivity contribution in [3.05, 3.63) is 70.2 Å². The van der Waals surface area contributed by atoms with Gasteiger partial charge in [-0.25, -0.2) is 0 Å². The summed E-state index contributed by atoms with van der Waals surface area (Å²) < 4.78 is 11.7. The quantitative estimate of drug-likeness (QED) is 0.515. The number of hydrogen-bond acceptors (Lipinski definition) is 3. The maximum atomic E-state index is 13.0. The highest BCUT2D eigenvalue weighted by Crippen LogP contribution is 2.28. The molecule has 0 saturated carbocycles. The molecule has 146 valence electrons. The molecule has 0 radical (unpaired) electrons. The molecule has 0 bridgehead atoms. The second-order valence-corrected chi connectivity index (χ2v) is 7.76. The number of nitrogens with zero attached hydrogens (tertiary/aromatic N) is 1. The fraction of sp³-hybridized carbons (Fsp3) is 0.261. The van der Waals surface area contributed by atoms with Gasteiger partial charge in [0, 0.05) is 23.6 Å². The molecule has 28 heavy (non-hydrogen) atoms. The lowest BCUT2D eigenvalue weighted by atomic mass is 9.96. The average molecular weight is 442 g/mol. The van der Waals surface area contributed by atoms with Crippen molar-refractivity contribution in [3.63, 3.8) is 0 Å². The molecular formula is C23H24BrNO3. The van der Waals surface area contributed by atoms with Gasteiger partial charge in [0.25, 0.3) is 0 Å². The van der Waals surface area contributed by atoms with Crippen LogP contribution in [0.15, 0.2) is 59.1 Å². The smallest absolute Gasteiger partial charge is 0.229 e. The van der Waals surface area contributed by atoms with E-state index in [1.54, 1.807) is 19.1 Å². The first-order chi connectivity index (χ1) is 13.4. The molecule has 0 unspecified atom stereocenters. The van der Waals surface area contributed by atoms with E-state index in [1.807, 2.05) is 62.5 Å². The van der Waals surface area contributed by atoms with Crippen molar-refractivity contribution in [2.24, 2.45) is 0 Å². The second kappa shape index (κ2) is 8.65. The molecule has 0 N–H and O–H groups in total. The Balaban J connectivity index is 1.80. The number of amides is 1. The molecule has 0 saturated heterocycles. The van der Waals surface area contributed by atoms with Gasteiger partial charge < -0.3 is 14.4 Å². The third kappa shape index (κ3) is 4.30. The van der Waals surface area contributed by atoms with Crippen LogP contribution in [-0.4, -0.2) is 32.1 Å². The molecule has 5 heteroatoms. The monoisotopic (exact) mass is 441 g/mol. The molecule has 3 rings (SSSR count). The van der Waals surface area contributed by atoms with Crippen LogP contribution in [0.1, 0.15) is 24.0 Å². The molecule has 0 heterocycles. The zero-order chi connectivity index (χ0) is 20.3. The van der Waals surface area contributed by atoms with Crippen LogP contribution in [0, 0.1) is 0 Å². The van der Waals surface area contributed by atoms with Crippen LogP contribution in [0.4, 0.5) is 0 Å². The van der Waals surface area contributed by atoms with Crippen LogP contribution < -0.4 is 9.47 Å². The Morgan fingerprint density at radius 1 is 1.00 bits per heavy atom. The minimum absolute atomic E-state index is 0.0647. The van der Waals surface area contributed by atoms with Crippen LogP contribution >= 0.6 is 15.9 Å².